The molecule has 1 N–H and O–H groups in total. The minimum absolute atomic E-state index is 0.173. The number of ether oxygens (including phenoxy) is 1. The molecule has 0 unspecified atom stereocenters. The van der Waals surface area contributed by atoms with Crippen molar-refractivity contribution in [3.05, 3.63) is 0 Å². The molecule has 2 aliphatic rings. The Morgan fingerprint density at radius 3 is 2.53 bits per heavy atom. The second-order valence-electron chi connectivity index (χ2n) is 4.74. The van der Waals surface area contributed by atoms with Crippen LogP contribution in [0.1, 0.15) is 32.6 Å². The van der Waals surface area contributed by atoms with E-state index in [9.17, 15) is 19.2 Å². The van der Waals surface area contributed by atoms with Gasteiger partial charge in [-0.05, 0) is 19.8 Å². The number of urea groups is 1. The summed E-state index contributed by atoms with van der Waals surface area (Å²) in [7, 11) is 0. The first-order valence-corrected chi connectivity index (χ1v) is 6.34. The van der Waals surface area contributed by atoms with Crippen LogP contribution in [0.5, 0.6) is 0 Å². The highest BCUT2D eigenvalue weighted by molar-refractivity contribution is 6.20. The van der Waals surface area contributed by atoms with Crippen LogP contribution in [-0.2, 0) is 19.1 Å². The Balaban J connectivity index is 2.19. The van der Waals surface area contributed by atoms with Gasteiger partial charge in [0.15, 0.2) is 0 Å². The topological polar surface area (TPSA) is 92.8 Å². The molecule has 1 saturated heterocycles. The molecular weight excluding hydrogens is 252 g/mol. The van der Waals surface area contributed by atoms with Gasteiger partial charge in [-0.1, -0.05) is 12.8 Å². The first-order chi connectivity index (χ1) is 9.01. The number of carbonyl (C=O) groups excluding carboxylic acids is 4. The minimum Gasteiger partial charge on any atom is -0.465 e. The molecule has 0 bridgehead atoms. The minimum atomic E-state index is -1.17. The fourth-order valence-electron chi connectivity index (χ4n) is 2.63. The summed E-state index contributed by atoms with van der Waals surface area (Å²) < 4.78 is 4.72. The summed E-state index contributed by atoms with van der Waals surface area (Å²) in [4.78, 5) is 48.1. The van der Waals surface area contributed by atoms with Crippen molar-refractivity contribution in [2.45, 2.75) is 32.6 Å². The standard InChI is InChI=1S/C12H16N2O5/c1-2-19-8(15)7-14-10(17)12(5-3-4-6-12)9(16)13-11(14)18/h2-7H2,1H3,(H,13,16,18). The number of nitrogens with zero attached hydrogens (tertiary/aromatic N) is 1. The number of barbiturate groups is 1. The number of nitrogens with one attached hydrogen (secondary N) is 1. The quantitative estimate of drug-likeness (QED) is 0.582. The number of rotatable bonds is 3. The lowest BCUT2D eigenvalue weighted by atomic mass is 9.82. The van der Waals surface area contributed by atoms with Gasteiger partial charge >= 0.3 is 12.0 Å². The zero-order chi connectivity index (χ0) is 14.0. The van der Waals surface area contributed by atoms with Gasteiger partial charge in [0.05, 0.1) is 6.61 Å². The van der Waals surface area contributed by atoms with Crippen LogP contribution in [0, 0.1) is 5.41 Å². The van der Waals surface area contributed by atoms with Crippen LogP contribution in [-0.4, -0.2) is 41.9 Å². The third-order valence-corrected chi connectivity index (χ3v) is 3.60. The molecule has 0 aromatic carbocycles. The zero-order valence-electron chi connectivity index (χ0n) is 10.7. The van der Waals surface area contributed by atoms with E-state index in [-0.39, 0.29) is 6.61 Å². The molecule has 1 heterocycles. The Labute approximate surface area is 110 Å². The van der Waals surface area contributed by atoms with Gasteiger partial charge < -0.3 is 4.74 Å². The first-order valence-electron chi connectivity index (χ1n) is 6.34. The first kappa shape index (κ1) is 13.5. The van der Waals surface area contributed by atoms with Crippen LogP contribution in [0.3, 0.4) is 0 Å². The molecule has 104 valence electrons. The Hall–Kier alpha value is -1.92. The SMILES string of the molecule is CCOC(=O)CN1C(=O)NC(=O)C2(CCCC2)C1=O. The molecule has 0 aromatic heterocycles. The average molecular weight is 268 g/mol. The number of imide groups is 2. The molecule has 1 saturated carbocycles. The molecule has 0 radical (unpaired) electrons. The van der Waals surface area contributed by atoms with E-state index < -0.39 is 35.8 Å². The summed E-state index contributed by atoms with van der Waals surface area (Å²) in [5.41, 5.74) is -1.17. The average Bonchev–Trinajstić information content (AvgIpc) is 2.84. The maximum absolute atomic E-state index is 12.3. The van der Waals surface area contributed by atoms with E-state index in [0.717, 1.165) is 17.7 Å². The van der Waals surface area contributed by atoms with E-state index in [1.54, 1.807) is 6.92 Å². The summed E-state index contributed by atoms with van der Waals surface area (Å²) >= 11 is 0. The highest BCUT2D eigenvalue weighted by Gasteiger charge is 2.55. The van der Waals surface area contributed by atoms with Crippen LogP contribution >= 0.6 is 0 Å². The Morgan fingerprint density at radius 2 is 1.95 bits per heavy atom. The van der Waals surface area contributed by atoms with Gasteiger partial charge in [0.1, 0.15) is 12.0 Å². The number of amides is 4. The fourth-order valence-corrected chi connectivity index (χ4v) is 2.63. The maximum atomic E-state index is 12.3. The Kier molecular flexibility index (Phi) is 3.55. The fraction of sp³-hybridized carbons (Fsp3) is 0.667. The van der Waals surface area contributed by atoms with Gasteiger partial charge in [0, 0.05) is 0 Å². The normalized spacial score (nSPS) is 21.7. The zero-order valence-corrected chi connectivity index (χ0v) is 10.7. The lowest BCUT2D eigenvalue weighted by Gasteiger charge is -2.36. The van der Waals surface area contributed by atoms with Gasteiger partial charge in [-0.2, -0.15) is 0 Å². The smallest absolute Gasteiger partial charge is 0.331 e. The van der Waals surface area contributed by atoms with Gasteiger partial charge in [0.2, 0.25) is 11.8 Å². The second kappa shape index (κ2) is 4.99. The summed E-state index contributed by atoms with van der Waals surface area (Å²) in [6.07, 6.45) is 2.37. The number of esters is 1. The molecule has 19 heavy (non-hydrogen) atoms. The van der Waals surface area contributed by atoms with E-state index in [0.29, 0.717) is 12.8 Å². The Morgan fingerprint density at radius 1 is 1.32 bits per heavy atom. The van der Waals surface area contributed by atoms with Crippen molar-refractivity contribution >= 4 is 23.8 Å². The predicted octanol–water partition coefficient (Wildman–Crippen LogP) is 0.188. The third-order valence-electron chi connectivity index (χ3n) is 3.60. The maximum Gasteiger partial charge on any atom is 0.331 e. The summed E-state index contributed by atoms with van der Waals surface area (Å²) in [6, 6.07) is -0.847. The molecule has 1 aliphatic heterocycles. The molecule has 2 rings (SSSR count). The van der Waals surface area contributed by atoms with Crippen molar-refractivity contribution in [1.29, 1.82) is 0 Å². The number of carbonyl (C=O) groups is 4. The summed E-state index contributed by atoms with van der Waals surface area (Å²) in [5.74, 6) is -1.78. The van der Waals surface area contributed by atoms with E-state index in [1.807, 2.05) is 0 Å². The van der Waals surface area contributed by atoms with Crippen LogP contribution in [0.25, 0.3) is 0 Å². The lowest BCUT2D eigenvalue weighted by molar-refractivity contribution is -0.156. The third kappa shape index (κ3) is 2.20. The van der Waals surface area contributed by atoms with E-state index in [2.05, 4.69) is 5.32 Å². The molecule has 7 heteroatoms. The van der Waals surface area contributed by atoms with Crippen molar-refractivity contribution in [2.24, 2.45) is 5.41 Å². The molecule has 7 nitrogen and oxygen atoms in total. The van der Waals surface area contributed by atoms with E-state index in [1.165, 1.54) is 0 Å². The predicted molar refractivity (Wildman–Crippen MR) is 62.8 cm³/mol. The molecule has 1 spiro atoms. The van der Waals surface area contributed by atoms with Crippen molar-refractivity contribution in [3.63, 3.8) is 0 Å². The van der Waals surface area contributed by atoms with Crippen molar-refractivity contribution in [1.82, 2.24) is 10.2 Å². The van der Waals surface area contributed by atoms with Crippen LogP contribution < -0.4 is 5.32 Å². The van der Waals surface area contributed by atoms with E-state index >= 15 is 0 Å². The van der Waals surface area contributed by atoms with Crippen LogP contribution in [0.2, 0.25) is 0 Å². The lowest BCUT2D eigenvalue weighted by Crippen LogP contribution is -2.63. The van der Waals surface area contributed by atoms with Gasteiger partial charge in [-0.3, -0.25) is 24.6 Å². The van der Waals surface area contributed by atoms with Crippen LogP contribution in [0.4, 0.5) is 4.79 Å². The number of hydrogen-bond acceptors (Lipinski definition) is 5. The van der Waals surface area contributed by atoms with Crippen molar-refractivity contribution in [3.8, 4) is 0 Å². The summed E-state index contributed by atoms with van der Waals surface area (Å²) in [6.45, 7) is 1.36. The van der Waals surface area contributed by atoms with Gasteiger partial charge in [0.25, 0.3) is 0 Å². The largest absolute Gasteiger partial charge is 0.465 e. The Bertz CT molecular complexity index is 439. The monoisotopic (exact) mass is 268 g/mol. The highest BCUT2D eigenvalue weighted by Crippen LogP contribution is 2.41. The molecule has 0 aromatic rings. The van der Waals surface area contributed by atoms with Crippen molar-refractivity contribution < 1.29 is 23.9 Å². The second-order valence-corrected chi connectivity index (χ2v) is 4.74. The molecule has 2 fully saturated rings. The van der Waals surface area contributed by atoms with Crippen molar-refractivity contribution in [2.75, 3.05) is 13.2 Å². The molecule has 0 atom stereocenters. The molecule has 1 aliphatic carbocycles. The molecule has 4 amide bonds. The van der Waals surface area contributed by atoms with E-state index in [4.69, 9.17) is 4.74 Å². The van der Waals surface area contributed by atoms with Crippen LogP contribution in [0.15, 0.2) is 0 Å². The van der Waals surface area contributed by atoms with Gasteiger partial charge in [-0.25, -0.2) is 4.79 Å². The number of hydrogen-bond donors (Lipinski definition) is 1. The van der Waals surface area contributed by atoms with Gasteiger partial charge in [-0.15, -0.1) is 0 Å². The highest BCUT2D eigenvalue weighted by atomic mass is 16.5. The molecular formula is C12H16N2O5. The summed E-state index contributed by atoms with van der Waals surface area (Å²) in [5, 5.41) is 2.16.